The minimum absolute atomic E-state index is 0.00109. The fourth-order valence-electron chi connectivity index (χ4n) is 2.08. The molecule has 2 aromatic heterocycles. The van der Waals surface area contributed by atoms with E-state index in [0.717, 1.165) is 18.2 Å². The smallest absolute Gasteiger partial charge is 0.347 e. The first kappa shape index (κ1) is 19.1. The third kappa shape index (κ3) is 4.88. The van der Waals surface area contributed by atoms with Crippen LogP contribution in [-0.4, -0.2) is 21.8 Å². The predicted octanol–water partition coefficient (Wildman–Crippen LogP) is 2.86. The lowest BCUT2D eigenvalue weighted by Gasteiger charge is -2.11. The van der Waals surface area contributed by atoms with E-state index in [1.165, 1.54) is 25.3 Å². The number of pyridine rings is 2. The fraction of sp³-hybridized carbons (Fsp3) is 0.176. The Hall–Kier alpha value is -3.23. The number of aryl methyl sites for hydroxylation is 1. The SMILES string of the molecule is C=CC(=O)NCc1cc(C(=O)Nc2ccc(C(F)(F)F)c(C)n2)ccn1. The van der Waals surface area contributed by atoms with Gasteiger partial charge < -0.3 is 10.6 Å². The standard InChI is InChI=1S/C17H15F3N4O2/c1-3-15(25)22-9-12-8-11(6-7-21-12)16(26)24-14-5-4-13(10(2)23-14)17(18,19)20/h3-8H,1,9H2,2H3,(H,22,25)(H,23,24,26). The number of hydrogen-bond donors (Lipinski definition) is 2. The summed E-state index contributed by atoms with van der Waals surface area (Å²) in [5.74, 6) is -0.944. The van der Waals surface area contributed by atoms with Gasteiger partial charge in [-0.25, -0.2) is 4.98 Å². The second-order valence-electron chi connectivity index (χ2n) is 5.24. The molecule has 0 fully saturated rings. The molecule has 9 heteroatoms. The molecule has 0 saturated carbocycles. The Morgan fingerprint density at radius 1 is 1.27 bits per heavy atom. The largest absolute Gasteiger partial charge is 0.418 e. The number of rotatable bonds is 5. The van der Waals surface area contributed by atoms with Gasteiger partial charge in [0.25, 0.3) is 5.91 Å². The zero-order valence-corrected chi connectivity index (χ0v) is 13.7. The highest BCUT2D eigenvalue weighted by Crippen LogP contribution is 2.31. The van der Waals surface area contributed by atoms with Gasteiger partial charge in [-0.2, -0.15) is 13.2 Å². The number of aromatic nitrogens is 2. The fourth-order valence-corrected chi connectivity index (χ4v) is 2.08. The van der Waals surface area contributed by atoms with Gasteiger partial charge in [-0.1, -0.05) is 6.58 Å². The van der Waals surface area contributed by atoms with E-state index in [2.05, 4.69) is 27.2 Å². The molecule has 6 nitrogen and oxygen atoms in total. The van der Waals surface area contributed by atoms with Gasteiger partial charge in [-0.3, -0.25) is 14.6 Å². The zero-order valence-electron chi connectivity index (χ0n) is 13.7. The van der Waals surface area contributed by atoms with Crippen molar-refractivity contribution >= 4 is 17.6 Å². The van der Waals surface area contributed by atoms with Gasteiger partial charge in [0.2, 0.25) is 5.91 Å². The third-order valence-electron chi connectivity index (χ3n) is 3.34. The molecule has 0 aliphatic heterocycles. The van der Waals surface area contributed by atoms with Crippen LogP contribution in [0.15, 0.2) is 43.1 Å². The molecule has 0 atom stereocenters. The average Bonchev–Trinajstić information content (AvgIpc) is 2.58. The van der Waals surface area contributed by atoms with Gasteiger partial charge >= 0.3 is 6.18 Å². The number of amides is 2. The lowest BCUT2D eigenvalue weighted by atomic mass is 10.2. The van der Waals surface area contributed by atoms with E-state index in [1.54, 1.807) is 0 Å². The van der Waals surface area contributed by atoms with Crippen LogP contribution < -0.4 is 10.6 Å². The van der Waals surface area contributed by atoms with Crippen molar-refractivity contribution in [3.8, 4) is 0 Å². The first-order chi connectivity index (χ1) is 12.2. The van der Waals surface area contributed by atoms with Gasteiger partial charge in [0.05, 0.1) is 23.5 Å². The summed E-state index contributed by atoms with van der Waals surface area (Å²) in [6.07, 6.45) is -2.01. The molecule has 0 radical (unpaired) electrons. The topological polar surface area (TPSA) is 84.0 Å². The van der Waals surface area contributed by atoms with Crippen molar-refractivity contribution in [2.75, 3.05) is 5.32 Å². The van der Waals surface area contributed by atoms with Crippen LogP contribution in [0.4, 0.5) is 19.0 Å². The number of hydrogen-bond acceptors (Lipinski definition) is 4. The molecular formula is C17H15F3N4O2. The van der Waals surface area contributed by atoms with Crippen LogP contribution in [0.25, 0.3) is 0 Å². The zero-order chi connectivity index (χ0) is 19.3. The summed E-state index contributed by atoms with van der Waals surface area (Å²) < 4.78 is 38.2. The van der Waals surface area contributed by atoms with E-state index in [4.69, 9.17) is 0 Å². The molecule has 0 aliphatic rings. The first-order valence-electron chi connectivity index (χ1n) is 7.42. The number of carbonyl (C=O) groups is 2. The Balaban J connectivity index is 2.11. The molecule has 2 aromatic rings. The van der Waals surface area contributed by atoms with Gasteiger partial charge in [0, 0.05) is 11.8 Å². The summed E-state index contributed by atoms with van der Waals surface area (Å²) in [7, 11) is 0. The molecule has 0 aromatic carbocycles. The van der Waals surface area contributed by atoms with Gasteiger partial charge in [0.15, 0.2) is 0 Å². The molecular weight excluding hydrogens is 349 g/mol. The van der Waals surface area contributed by atoms with Crippen LogP contribution >= 0.6 is 0 Å². The van der Waals surface area contributed by atoms with E-state index in [-0.39, 0.29) is 29.5 Å². The van der Waals surface area contributed by atoms with Gasteiger partial charge in [0.1, 0.15) is 5.82 Å². The molecule has 2 heterocycles. The Kier molecular flexibility index (Phi) is 5.71. The molecule has 2 amide bonds. The van der Waals surface area contributed by atoms with Gasteiger partial charge in [-0.05, 0) is 37.3 Å². The van der Waals surface area contributed by atoms with Crippen LogP contribution in [0.1, 0.15) is 27.3 Å². The predicted molar refractivity (Wildman–Crippen MR) is 88.2 cm³/mol. The number of alkyl halides is 3. The molecule has 26 heavy (non-hydrogen) atoms. The maximum atomic E-state index is 12.7. The summed E-state index contributed by atoms with van der Waals surface area (Å²) in [4.78, 5) is 31.2. The minimum atomic E-state index is -4.50. The van der Waals surface area contributed by atoms with Crippen LogP contribution in [0.2, 0.25) is 0 Å². The normalized spacial score (nSPS) is 10.9. The number of nitrogens with one attached hydrogen (secondary N) is 2. The Morgan fingerprint density at radius 3 is 2.62 bits per heavy atom. The lowest BCUT2D eigenvalue weighted by molar-refractivity contribution is -0.138. The maximum Gasteiger partial charge on any atom is 0.418 e. The Labute approximate surface area is 147 Å². The minimum Gasteiger partial charge on any atom is -0.347 e. The van der Waals surface area contributed by atoms with Crippen molar-refractivity contribution in [2.24, 2.45) is 0 Å². The number of anilines is 1. The highest BCUT2D eigenvalue weighted by molar-refractivity contribution is 6.03. The molecule has 0 spiro atoms. The number of nitrogens with zero attached hydrogens (tertiary/aromatic N) is 2. The average molecular weight is 364 g/mol. The van der Waals surface area contributed by atoms with Crippen LogP contribution in [-0.2, 0) is 17.5 Å². The van der Waals surface area contributed by atoms with Crippen molar-refractivity contribution in [3.63, 3.8) is 0 Å². The van der Waals surface area contributed by atoms with Crippen LogP contribution in [0.5, 0.6) is 0 Å². The van der Waals surface area contributed by atoms with Crippen molar-refractivity contribution < 1.29 is 22.8 Å². The highest BCUT2D eigenvalue weighted by Gasteiger charge is 2.33. The van der Waals surface area contributed by atoms with E-state index in [1.807, 2.05) is 0 Å². The molecule has 136 valence electrons. The Morgan fingerprint density at radius 2 is 2.00 bits per heavy atom. The summed E-state index contributed by atoms with van der Waals surface area (Å²) in [5.41, 5.74) is -0.441. The van der Waals surface area contributed by atoms with Crippen LogP contribution in [0, 0.1) is 6.92 Å². The van der Waals surface area contributed by atoms with E-state index in [9.17, 15) is 22.8 Å². The van der Waals surface area contributed by atoms with E-state index in [0.29, 0.717) is 5.69 Å². The first-order valence-corrected chi connectivity index (χ1v) is 7.42. The molecule has 2 rings (SSSR count). The van der Waals surface area contributed by atoms with Crippen molar-refractivity contribution in [1.29, 1.82) is 0 Å². The summed E-state index contributed by atoms with van der Waals surface area (Å²) in [6, 6.07) is 4.83. The van der Waals surface area contributed by atoms with E-state index < -0.39 is 17.6 Å². The van der Waals surface area contributed by atoms with E-state index >= 15 is 0 Å². The summed E-state index contributed by atoms with van der Waals surface area (Å²) in [5, 5.41) is 4.95. The maximum absolute atomic E-state index is 12.7. The highest BCUT2D eigenvalue weighted by atomic mass is 19.4. The number of halogens is 3. The molecule has 2 N–H and O–H groups in total. The second kappa shape index (κ2) is 7.77. The molecule has 0 unspecified atom stereocenters. The Bertz CT molecular complexity index is 850. The molecule has 0 saturated heterocycles. The van der Waals surface area contributed by atoms with Crippen molar-refractivity contribution in [2.45, 2.75) is 19.6 Å². The molecule has 0 aliphatic carbocycles. The quantitative estimate of drug-likeness (QED) is 0.799. The monoisotopic (exact) mass is 364 g/mol. The van der Waals surface area contributed by atoms with Crippen molar-refractivity contribution in [3.05, 3.63) is 65.6 Å². The second-order valence-corrected chi connectivity index (χ2v) is 5.24. The van der Waals surface area contributed by atoms with Crippen molar-refractivity contribution in [1.82, 2.24) is 15.3 Å². The third-order valence-corrected chi connectivity index (χ3v) is 3.34. The van der Waals surface area contributed by atoms with Crippen LogP contribution in [0.3, 0.4) is 0 Å². The number of carbonyl (C=O) groups excluding carboxylic acids is 2. The lowest BCUT2D eigenvalue weighted by Crippen LogP contribution is -2.21. The summed E-state index contributed by atoms with van der Waals surface area (Å²) in [6.45, 7) is 4.63. The summed E-state index contributed by atoms with van der Waals surface area (Å²) >= 11 is 0. The van der Waals surface area contributed by atoms with Gasteiger partial charge in [-0.15, -0.1) is 0 Å². The molecule has 0 bridgehead atoms.